The minimum Gasteiger partial charge on any atom is -0.478 e. The van der Waals surface area contributed by atoms with Crippen molar-refractivity contribution in [2.75, 3.05) is 11.9 Å². The van der Waals surface area contributed by atoms with Crippen molar-refractivity contribution in [1.29, 1.82) is 0 Å². The maximum atomic E-state index is 11.1. The topological polar surface area (TPSA) is 58.6 Å². The van der Waals surface area contributed by atoms with Gasteiger partial charge in [-0.2, -0.15) is 0 Å². The van der Waals surface area contributed by atoms with E-state index in [0.717, 1.165) is 30.7 Å². The molecule has 2 heterocycles. The van der Waals surface area contributed by atoms with Crippen LogP contribution in [0.25, 0.3) is 0 Å². The molecule has 2 N–H and O–H groups in total. The van der Waals surface area contributed by atoms with Crippen LogP contribution in [0.3, 0.4) is 0 Å². The number of anilines is 1. The quantitative estimate of drug-likeness (QED) is 0.889. The Balaban J connectivity index is 1.71. The summed E-state index contributed by atoms with van der Waals surface area (Å²) >= 11 is 0. The molecule has 0 bridgehead atoms. The molecule has 24 heavy (non-hydrogen) atoms. The summed E-state index contributed by atoms with van der Waals surface area (Å²) in [5.74, 6) is -0.516. The molecule has 0 radical (unpaired) electrons. The van der Waals surface area contributed by atoms with E-state index in [1.54, 1.807) is 12.1 Å². The predicted octanol–water partition coefficient (Wildman–Crippen LogP) is 4.19. The second kappa shape index (κ2) is 5.95. The molecule has 0 aromatic heterocycles. The molecule has 2 aromatic carbocycles. The van der Waals surface area contributed by atoms with Crippen molar-refractivity contribution in [2.24, 2.45) is 5.92 Å². The highest BCUT2D eigenvalue weighted by molar-refractivity contribution is 5.87. The van der Waals surface area contributed by atoms with E-state index in [0.29, 0.717) is 11.5 Å². The summed E-state index contributed by atoms with van der Waals surface area (Å²) in [6.45, 7) is 2.94. The SMILES string of the molecule is CCc1ccc2c(c1)[C@H]1OCC[C@H]1C(c1ccc(C(=O)O)cc1)N2. The van der Waals surface area contributed by atoms with Gasteiger partial charge in [0.05, 0.1) is 17.7 Å². The number of carboxylic acids is 1. The first-order valence-electron chi connectivity index (χ1n) is 8.51. The molecule has 1 saturated heterocycles. The second-order valence-corrected chi connectivity index (χ2v) is 6.57. The van der Waals surface area contributed by atoms with Crippen molar-refractivity contribution in [3.63, 3.8) is 0 Å². The number of carbonyl (C=O) groups is 1. The molecule has 0 spiro atoms. The largest absolute Gasteiger partial charge is 0.478 e. The van der Waals surface area contributed by atoms with Gasteiger partial charge in [0.15, 0.2) is 0 Å². The fraction of sp³-hybridized carbons (Fsp3) is 0.350. The summed E-state index contributed by atoms with van der Waals surface area (Å²) in [4.78, 5) is 11.1. The van der Waals surface area contributed by atoms with Gasteiger partial charge in [0.2, 0.25) is 0 Å². The van der Waals surface area contributed by atoms with Gasteiger partial charge < -0.3 is 15.2 Å². The number of ether oxygens (including phenoxy) is 1. The lowest BCUT2D eigenvalue weighted by molar-refractivity contribution is 0.0696. The van der Waals surface area contributed by atoms with Gasteiger partial charge in [-0.25, -0.2) is 4.79 Å². The number of hydrogen-bond acceptors (Lipinski definition) is 3. The summed E-state index contributed by atoms with van der Waals surface area (Å²) in [5.41, 5.74) is 5.15. The molecule has 1 fully saturated rings. The zero-order valence-electron chi connectivity index (χ0n) is 13.7. The highest BCUT2D eigenvalue weighted by atomic mass is 16.5. The Morgan fingerprint density at radius 2 is 2.04 bits per heavy atom. The Morgan fingerprint density at radius 3 is 2.75 bits per heavy atom. The third-order valence-electron chi connectivity index (χ3n) is 5.22. The van der Waals surface area contributed by atoms with E-state index < -0.39 is 5.97 Å². The van der Waals surface area contributed by atoms with Gasteiger partial charge in [-0.15, -0.1) is 0 Å². The Bertz CT molecular complexity index is 769. The number of aromatic carboxylic acids is 1. The number of carboxylic acid groups (broad SMARTS) is 1. The molecule has 0 saturated carbocycles. The fourth-order valence-electron chi connectivity index (χ4n) is 3.91. The fourth-order valence-corrected chi connectivity index (χ4v) is 3.91. The molecule has 4 heteroatoms. The Labute approximate surface area is 141 Å². The van der Waals surface area contributed by atoms with Crippen molar-refractivity contribution in [3.8, 4) is 0 Å². The van der Waals surface area contributed by atoms with Crippen LogP contribution in [0, 0.1) is 5.92 Å². The van der Waals surface area contributed by atoms with Crippen LogP contribution in [0.5, 0.6) is 0 Å². The molecule has 2 aliphatic heterocycles. The van der Waals surface area contributed by atoms with Crippen LogP contribution in [0.15, 0.2) is 42.5 Å². The zero-order chi connectivity index (χ0) is 16.7. The van der Waals surface area contributed by atoms with E-state index in [4.69, 9.17) is 9.84 Å². The first kappa shape index (κ1) is 15.2. The van der Waals surface area contributed by atoms with Gasteiger partial charge >= 0.3 is 5.97 Å². The molecule has 0 amide bonds. The molecule has 1 unspecified atom stereocenters. The Morgan fingerprint density at radius 1 is 1.25 bits per heavy atom. The molecular weight excluding hydrogens is 302 g/mol. The van der Waals surface area contributed by atoms with Crippen LogP contribution in [-0.4, -0.2) is 17.7 Å². The van der Waals surface area contributed by atoms with Gasteiger partial charge in [0.1, 0.15) is 0 Å². The predicted molar refractivity (Wildman–Crippen MR) is 92.4 cm³/mol. The van der Waals surface area contributed by atoms with Gasteiger partial charge in [-0.05, 0) is 42.2 Å². The van der Waals surface area contributed by atoms with E-state index in [-0.39, 0.29) is 12.1 Å². The highest BCUT2D eigenvalue weighted by Gasteiger charge is 2.41. The van der Waals surface area contributed by atoms with Gasteiger partial charge in [0, 0.05) is 23.8 Å². The summed E-state index contributed by atoms with van der Waals surface area (Å²) in [5, 5.41) is 12.7. The van der Waals surface area contributed by atoms with Gasteiger partial charge in [-0.3, -0.25) is 0 Å². The van der Waals surface area contributed by atoms with Crippen molar-refractivity contribution in [1.82, 2.24) is 0 Å². The minimum absolute atomic E-state index is 0.122. The van der Waals surface area contributed by atoms with E-state index >= 15 is 0 Å². The van der Waals surface area contributed by atoms with Crippen LogP contribution in [0.1, 0.15) is 52.5 Å². The van der Waals surface area contributed by atoms with E-state index in [1.165, 1.54) is 11.1 Å². The lowest BCUT2D eigenvalue weighted by atomic mass is 9.80. The Hall–Kier alpha value is -2.33. The van der Waals surface area contributed by atoms with Crippen molar-refractivity contribution in [2.45, 2.75) is 31.9 Å². The van der Waals surface area contributed by atoms with E-state index in [9.17, 15) is 4.79 Å². The molecule has 3 atom stereocenters. The third-order valence-corrected chi connectivity index (χ3v) is 5.22. The average molecular weight is 323 g/mol. The van der Waals surface area contributed by atoms with Crippen LogP contribution in [-0.2, 0) is 11.2 Å². The van der Waals surface area contributed by atoms with Crippen molar-refractivity contribution < 1.29 is 14.6 Å². The minimum atomic E-state index is -0.891. The molecular formula is C20H21NO3. The first-order valence-corrected chi connectivity index (χ1v) is 8.51. The van der Waals surface area contributed by atoms with Crippen molar-refractivity contribution >= 4 is 11.7 Å². The highest BCUT2D eigenvalue weighted by Crippen LogP contribution is 2.50. The van der Waals surface area contributed by atoms with Gasteiger partial charge in [0.25, 0.3) is 0 Å². The lowest BCUT2D eigenvalue weighted by Crippen LogP contribution is -2.29. The smallest absolute Gasteiger partial charge is 0.335 e. The first-order chi connectivity index (χ1) is 11.7. The number of rotatable bonds is 3. The summed E-state index contributed by atoms with van der Waals surface area (Å²) in [7, 11) is 0. The zero-order valence-corrected chi connectivity index (χ0v) is 13.7. The molecule has 4 rings (SSSR count). The summed E-state index contributed by atoms with van der Waals surface area (Å²) in [6, 6.07) is 13.9. The van der Waals surface area contributed by atoms with Crippen LogP contribution < -0.4 is 5.32 Å². The Kier molecular flexibility index (Phi) is 3.77. The lowest BCUT2D eigenvalue weighted by Gasteiger charge is -2.36. The molecule has 2 aromatic rings. The maximum absolute atomic E-state index is 11.1. The molecule has 4 nitrogen and oxygen atoms in total. The van der Waals surface area contributed by atoms with Crippen molar-refractivity contribution in [3.05, 3.63) is 64.7 Å². The summed E-state index contributed by atoms with van der Waals surface area (Å²) < 4.78 is 6.06. The summed E-state index contributed by atoms with van der Waals surface area (Å²) in [6.07, 6.45) is 2.15. The number of benzene rings is 2. The third kappa shape index (κ3) is 2.47. The van der Waals surface area contributed by atoms with Crippen LogP contribution >= 0.6 is 0 Å². The number of nitrogens with one attached hydrogen (secondary N) is 1. The second-order valence-electron chi connectivity index (χ2n) is 6.57. The molecule has 124 valence electrons. The molecule has 0 aliphatic carbocycles. The maximum Gasteiger partial charge on any atom is 0.335 e. The van der Waals surface area contributed by atoms with Crippen LogP contribution in [0.2, 0.25) is 0 Å². The normalized spacial score (nSPS) is 24.8. The number of fused-ring (bicyclic) bond motifs is 3. The van der Waals surface area contributed by atoms with E-state index in [2.05, 4.69) is 30.4 Å². The van der Waals surface area contributed by atoms with Crippen LogP contribution in [0.4, 0.5) is 5.69 Å². The number of aryl methyl sites for hydroxylation is 1. The average Bonchev–Trinajstić information content (AvgIpc) is 3.10. The van der Waals surface area contributed by atoms with Gasteiger partial charge in [-0.1, -0.05) is 31.2 Å². The van der Waals surface area contributed by atoms with E-state index in [1.807, 2.05) is 12.1 Å². The number of hydrogen-bond donors (Lipinski definition) is 2. The monoisotopic (exact) mass is 323 g/mol. The standard InChI is InChI=1S/C20H21NO3/c1-2-12-3-8-17-16(11-12)19-15(9-10-24-19)18(21-17)13-4-6-14(7-5-13)20(22)23/h3-8,11,15,18-19,21H,2,9-10H2,1H3,(H,22,23)/t15-,18?,19-/m0/s1. The molecule has 2 aliphatic rings.